The van der Waals surface area contributed by atoms with Crippen LogP contribution in [-0.4, -0.2) is 46.9 Å². The molecular weight excluding hydrogens is 317 g/mol. The summed E-state index contributed by atoms with van der Waals surface area (Å²) in [6.07, 6.45) is 3.63. The number of hydrogen-bond acceptors (Lipinski definition) is 3. The number of hydrogen-bond donors (Lipinski definition) is 1. The molecule has 0 spiro atoms. The maximum atomic E-state index is 13.2. The Morgan fingerprint density at radius 3 is 2.48 bits per heavy atom. The molecule has 5 heteroatoms. The lowest BCUT2D eigenvalue weighted by Crippen LogP contribution is -2.60. The summed E-state index contributed by atoms with van der Waals surface area (Å²) in [4.78, 5) is 17.3. The molecule has 1 aliphatic carbocycles. The molecular formula is C20H30FN3O. The van der Waals surface area contributed by atoms with Gasteiger partial charge in [0.1, 0.15) is 5.82 Å². The Morgan fingerprint density at radius 2 is 1.92 bits per heavy atom. The molecule has 2 fully saturated rings. The number of nitrogens with two attached hydrogens (primary N) is 1. The molecule has 138 valence electrons. The van der Waals surface area contributed by atoms with E-state index in [0.717, 1.165) is 57.4 Å². The van der Waals surface area contributed by atoms with Gasteiger partial charge in [0, 0.05) is 32.2 Å². The van der Waals surface area contributed by atoms with Crippen LogP contribution in [0.1, 0.15) is 45.1 Å². The number of amides is 1. The van der Waals surface area contributed by atoms with Crippen LogP contribution < -0.4 is 5.73 Å². The van der Waals surface area contributed by atoms with Crippen molar-refractivity contribution in [3.8, 4) is 0 Å². The summed E-state index contributed by atoms with van der Waals surface area (Å²) in [5.41, 5.74) is 6.78. The van der Waals surface area contributed by atoms with Gasteiger partial charge in [-0.05, 0) is 49.3 Å². The minimum Gasteiger partial charge on any atom is -0.339 e. The SMILES string of the molecule is CC(C)[C@H]1CN(C(=O)C2(N)CCC2)CCCN1Cc1ccc(F)cc1. The molecule has 0 bridgehead atoms. The smallest absolute Gasteiger partial charge is 0.242 e. The maximum Gasteiger partial charge on any atom is 0.242 e. The zero-order chi connectivity index (χ0) is 18.0. The van der Waals surface area contributed by atoms with Crippen LogP contribution in [0.3, 0.4) is 0 Å². The summed E-state index contributed by atoms with van der Waals surface area (Å²) in [5, 5.41) is 0. The first kappa shape index (κ1) is 18.3. The number of halogens is 1. The molecule has 1 amide bonds. The van der Waals surface area contributed by atoms with Gasteiger partial charge >= 0.3 is 0 Å². The molecule has 2 aliphatic rings. The topological polar surface area (TPSA) is 49.6 Å². The summed E-state index contributed by atoms with van der Waals surface area (Å²) in [6.45, 7) is 7.66. The van der Waals surface area contributed by atoms with Gasteiger partial charge in [0.15, 0.2) is 0 Å². The molecule has 0 unspecified atom stereocenters. The van der Waals surface area contributed by atoms with Crippen molar-refractivity contribution in [1.29, 1.82) is 0 Å². The average molecular weight is 347 g/mol. The van der Waals surface area contributed by atoms with Gasteiger partial charge in [-0.2, -0.15) is 0 Å². The van der Waals surface area contributed by atoms with Gasteiger partial charge in [-0.1, -0.05) is 26.0 Å². The third kappa shape index (κ3) is 4.04. The second-order valence-electron chi connectivity index (χ2n) is 8.02. The molecule has 4 nitrogen and oxygen atoms in total. The van der Waals surface area contributed by atoms with E-state index in [1.54, 1.807) is 0 Å². The number of carbonyl (C=O) groups is 1. The third-order valence-electron chi connectivity index (χ3n) is 5.78. The van der Waals surface area contributed by atoms with Gasteiger partial charge in [0.05, 0.1) is 5.54 Å². The highest BCUT2D eigenvalue weighted by Crippen LogP contribution is 2.32. The van der Waals surface area contributed by atoms with Crippen LogP contribution in [0.15, 0.2) is 24.3 Å². The van der Waals surface area contributed by atoms with E-state index in [-0.39, 0.29) is 11.7 Å². The Balaban J connectivity index is 1.72. The lowest BCUT2D eigenvalue weighted by atomic mass is 9.76. The largest absolute Gasteiger partial charge is 0.339 e. The summed E-state index contributed by atoms with van der Waals surface area (Å²) >= 11 is 0. The summed E-state index contributed by atoms with van der Waals surface area (Å²) in [7, 11) is 0. The standard InChI is InChI=1S/C20H30FN3O/c1-15(2)18-14-24(19(25)20(22)9-3-10-20)12-4-11-23(18)13-16-5-7-17(21)8-6-16/h5-8,15,18H,3-4,9-14,22H2,1-2H3/t18-/m1/s1. The highest BCUT2D eigenvalue weighted by Gasteiger charge is 2.44. The number of carbonyl (C=O) groups excluding carboxylic acids is 1. The van der Waals surface area contributed by atoms with Crippen molar-refractivity contribution in [1.82, 2.24) is 9.80 Å². The van der Waals surface area contributed by atoms with Gasteiger partial charge in [0.2, 0.25) is 5.91 Å². The molecule has 25 heavy (non-hydrogen) atoms. The van der Waals surface area contributed by atoms with E-state index < -0.39 is 5.54 Å². The Labute approximate surface area is 150 Å². The van der Waals surface area contributed by atoms with Crippen LogP contribution in [0, 0.1) is 11.7 Å². The monoisotopic (exact) mass is 347 g/mol. The van der Waals surface area contributed by atoms with Crippen molar-refractivity contribution < 1.29 is 9.18 Å². The Bertz CT molecular complexity index is 597. The molecule has 1 aliphatic heterocycles. The van der Waals surface area contributed by atoms with E-state index in [1.807, 2.05) is 17.0 Å². The summed E-state index contributed by atoms with van der Waals surface area (Å²) in [5.74, 6) is 0.363. The van der Waals surface area contributed by atoms with Crippen molar-refractivity contribution in [3.63, 3.8) is 0 Å². The van der Waals surface area contributed by atoms with E-state index in [9.17, 15) is 9.18 Å². The average Bonchev–Trinajstić information content (AvgIpc) is 2.77. The molecule has 1 heterocycles. The van der Waals surface area contributed by atoms with E-state index >= 15 is 0 Å². The van der Waals surface area contributed by atoms with Crippen LogP contribution in [0.5, 0.6) is 0 Å². The minimum absolute atomic E-state index is 0.132. The summed E-state index contributed by atoms with van der Waals surface area (Å²) in [6, 6.07) is 7.03. The number of benzene rings is 1. The predicted molar refractivity (Wildman–Crippen MR) is 97.4 cm³/mol. The fourth-order valence-corrected chi connectivity index (χ4v) is 3.99. The van der Waals surface area contributed by atoms with E-state index in [4.69, 9.17) is 5.73 Å². The second kappa shape index (κ2) is 7.42. The molecule has 1 saturated carbocycles. The second-order valence-corrected chi connectivity index (χ2v) is 8.02. The maximum absolute atomic E-state index is 13.2. The van der Waals surface area contributed by atoms with Crippen LogP contribution in [0.2, 0.25) is 0 Å². The molecule has 1 saturated heterocycles. The number of nitrogens with zero attached hydrogens (tertiary/aromatic N) is 2. The zero-order valence-electron chi connectivity index (χ0n) is 15.4. The van der Waals surface area contributed by atoms with Crippen molar-refractivity contribution in [2.24, 2.45) is 11.7 Å². The molecule has 1 atom stereocenters. The lowest BCUT2D eigenvalue weighted by Gasteiger charge is -2.41. The Kier molecular flexibility index (Phi) is 5.44. The Morgan fingerprint density at radius 1 is 1.24 bits per heavy atom. The van der Waals surface area contributed by atoms with Gasteiger partial charge in [-0.25, -0.2) is 4.39 Å². The third-order valence-corrected chi connectivity index (χ3v) is 5.78. The zero-order valence-corrected chi connectivity index (χ0v) is 15.4. The van der Waals surface area contributed by atoms with Crippen LogP contribution in [-0.2, 0) is 11.3 Å². The fourth-order valence-electron chi connectivity index (χ4n) is 3.99. The summed E-state index contributed by atoms with van der Waals surface area (Å²) < 4.78 is 13.2. The quantitative estimate of drug-likeness (QED) is 0.911. The fraction of sp³-hybridized carbons (Fsp3) is 0.650. The Hall–Kier alpha value is -1.46. The first-order valence-corrected chi connectivity index (χ1v) is 9.46. The van der Waals surface area contributed by atoms with Gasteiger partial charge in [-0.15, -0.1) is 0 Å². The number of rotatable bonds is 4. The highest BCUT2D eigenvalue weighted by molar-refractivity contribution is 5.87. The first-order chi connectivity index (χ1) is 11.9. The minimum atomic E-state index is -0.617. The van der Waals surface area contributed by atoms with Gasteiger partial charge < -0.3 is 10.6 Å². The van der Waals surface area contributed by atoms with E-state index in [0.29, 0.717) is 12.0 Å². The van der Waals surface area contributed by atoms with Gasteiger partial charge in [0.25, 0.3) is 0 Å². The normalized spacial score (nSPS) is 24.0. The van der Waals surface area contributed by atoms with Gasteiger partial charge in [-0.3, -0.25) is 9.69 Å². The van der Waals surface area contributed by atoms with Crippen LogP contribution in [0.4, 0.5) is 4.39 Å². The molecule has 1 aromatic carbocycles. The van der Waals surface area contributed by atoms with E-state index in [1.165, 1.54) is 12.1 Å². The molecule has 2 N–H and O–H groups in total. The van der Waals surface area contributed by atoms with Crippen molar-refractivity contribution in [2.45, 2.75) is 57.7 Å². The lowest BCUT2D eigenvalue weighted by molar-refractivity contribution is -0.140. The molecule has 1 aromatic rings. The van der Waals surface area contributed by atoms with Crippen molar-refractivity contribution in [2.75, 3.05) is 19.6 Å². The molecule has 0 aromatic heterocycles. The molecule has 0 radical (unpaired) electrons. The highest BCUT2D eigenvalue weighted by atomic mass is 19.1. The van der Waals surface area contributed by atoms with Crippen molar-refractivity contribution >= 4 is 5.91 Å². The first-order valence-electron chi connectivity index (χ1n) is 9.46. The predicted octanol–water partition coefficient (Wildman–Crippen LogP) is 2.77. The molecule has 3 rings (SSSR count). The van der Waals surface area contributed by atoms with Crippen LogP contribution >= 0.6 is 0 Å². The van der Waals surface area contributed by atoms with E-state index in [2.05, 4.69) is 18.7 Å². The van der Waals surface area contributed by atoms with Crippen LogP contribution in [0.25, 0.3) is 0 Å². The van der Waals surface area contributed by atoms with Crippen molar-refractivity contribution in [3.05, 3.63) is 35.6 Å².